The molecule has 0 aliphatic heterocycles. The Morgan fingerprint density at radius 2 is 1.80 bits per heavy atom. The Labute approximate surface area is 123 Å². The van der Waals surface area contributed by atoms with Crippen LogP contribution < -0.4 is 37.2 Å². The Bertz CT molecular complexity index is 191. The average Bonchev–Trinajstić information content (AvgIpc) is 2.59. The first-order valence-corrected chi connectivity index (χ1v) is 9.02. The predicted octanol–water partition coefficient (Wildman–Crippen LogP) is -6.78. The monoisotopic (exact) mass is 436 g/mol. The third-order valence-electron chi connectivity index (χ3n) is 2.20. The van der Waals surface area contributed by atoms with Crippen molar-refractivity contribution in [1.29, 1.82) is 0 Å². The molecule has 0 atom stereocenters. The number of nitrogens with zero attached hydrogens (tertiary/aromatic N) is 1. The van der Waals surface area contributed by atoms with Crippen molar-refractivity contribution in [2.45, 2.75) is 20.3 Å². The van der Waals surface area contributed by atoms with Crippen LogP contribution in [0.3, 0.4) is 0 Å². The molecule has 87 valence electrons. The van der Waals surface area contributed by atoms with Crippen molar-refractivity contribution in [3.05, 3.63) is 21.6 Å². The van der Waals surface area contributed by atoms with E-state index >= 15 is 0 Å². The molecule has 1 aliphatic carbocycles. The summed E-state index contributed by atoms with van der Waals surface area (Å²) in [6, 6.07) is 0. The van der Waals surface area contributed by atoms with Gasteiger partial charge in [0.25, 0.3) is 0 Å². The molecular weight excluding hydrogens is 419 g/mol. The van der Waals surface area contributed by atoms with E-state index in [1.165, 1.54) is 23.8 Å². The van der Waals surface area contributed by atoms with Crippen LogP contribution in [0.2, 0.25) is 0 Å². The summed E-state index contributed by atoms with van der Waals surface area (Å²) in [6.07, 6.45) is 8.10. The molecule has 0 unspecified atom stereocenters. The van der Waals surface area contributed by atoms with E-state index in [0.29, 0.717) is 0 Å². The van der Waals surface area contributed by atoms with Gasteiger partial charge < -0.3 is 37.2 Å². The van der Waals surface area contributed by atoms with Gasteiger partial charge in [-0.05, 0) is 0 Å². The second-order valence-corrected chi connectivity index (χ2v) is 7.68. The maximum Gasteiger partial charge on any atom is -1.00 e. The second-order valence-electron chi connectivity index (χ2n) is 2.96. The third kappa shape index (κ3) is 8.93. The van der Waals surface area contributed by atoms with E-state index in [1.807, 2.05) is 0 Å². The summed E-state index contributed by atoms with van der Waals surface area (Å²) < 4.78 is 3.20. The molecule has 1 aliphatic rings. The van der Waals surface area contributed by atoms with Crippen molar-refractivity contribution in [2.75, 3.05) is 17.4 Å². The van der Waals surface area contributed by atoms with Crippen molar-refractivity contribution in [3.63, 3.8) is 0 Å². The zero-order valence-corrected chi connectivity index (χ0v) is 15.0. The molecule has 0 saturated heterocycles. The van der Waals surface area contributed by atoms with Gasteiger partial charge in [0.1, 0.15) is 0 Å². The van der Waals surface area contributed by atoms with E-state index in [0.717, 1.165) is 0 Å². The Balaban J connectivity index is -0.000000480. The molecule has 0 fully saturated rings. The van der Waals surface area contributed by atoms with E-state index in [4.69, 9.17) is 0 Å². The molecule has 1 rings (SSSR count). The quantitative estimate of drug-likeness (QED) is 0.388. The molecule has 0 saturated carbocycles. The Kier molecular flexibility index (Phi) is 19.0. The molecule has 15 heavy (non-hydrogen) atoms. The summed E-state index contributed by atoms with van der Waals surface area (Å²) in [5, 5.41) is 0. The summed E-state index contributed by atoms with van der Waals surface area (Å²) in [4.78, 5) is 2.56. The topological polar surface area (TPSA) is 3.24 Å². The number of hydrogen-bond donors (Lipinski definition) is 0. The predicted molar refractivity (Wildman–Crippen MR) is 49.6 cm³/mol. The first kappa shape index (κ1) is 21.5. The second kappa shape index (κ2) is 13.2. The van der Waals surface area contributed by atoms with Gasteiger partial charge in [0.15, 0.2) is 0 Å². The summed E-state index contributed by atoms with van der Waals surface area (Å²) in [5.74, 6) is 0. The molecule has 0 amide bonds. The molecule has 0 aromatic heterocycles. The number of allylic oxidation sites excluding steroid dienone is 4. The van der Waals surface area contributed by atoms with E-state index < -0.39 is 22.9 Å². The average molecular weight is 436 g/mol. The largest absolute Gasteiger partial charge is 1.00 e. The van der Waals surface area contributed by atoms with Gasteiger partial charge in [-0.2, -0.15) is 0 Å². The van der Waals surface area contributed by atoms with Gasteiger partial charge in [-0.15, -0.1) is 0 Å². The minimum absolute atomic E-state index is 0. The van der Waals surface area contributed by atoms with Crippen LogP contribution in [0, 0.1) is 0 Å². The molecule has 0 aromatic carbocycles. The number of rotatable bonds is 5. The van der Waals surface area contributed by atoms with E-state index in [2.05, 4.69) is 37.0 Å². The molecule has 0 N–H and O–H groups in total. The van der Waals surface area contributed by atoms with E-state index in [-0.39, 0.29) is 37.2 Å². The molecule has 0 aromatic rings. The number of halogens is 3. The molecule has 5 heteroatoms. The fraction of sp³-hybridized carbons (Fsp3) is 0.600. The normalized spacial score (nSPS) is 12.1. The minimum Gasteiger partial charge on any atom is -1.00 e. The summed E-state index contributed by atoms with van der Waals surface area (Å²) in [5.41, 5.74) is 0. The third-order valence-corrected chi connectivity index (χ3v) is 7.33. The maximum atomic E-state index is 2.56. The molecule has 1 nitrogen and oxygen atoms in total. The molecule has 0 spiro atoms. The summed E-state index contributed by atoms with van der Waals surface area (Å²) in [7, 11) is 0. The first-order valence-electron chi connectivity index (χ1n) is 4.68. The van der Waals surface area contributed by atoms with Crippen LogP contribution >= 0.6 is 0 Å². The van der Waals surface area contributed by atoms with Crippen molar-refractivity contribution in [3.8, 4) is 0 Å². The Morgan fingerprint density at radius 1 is 1.20 bits per heavy atom. The minimum atomic E-state index is -0.438. The van der Waals surface area contributed by atoms with E-state index in [1.54, 1.807) is 3.33 Å². The zero-order valence-electron chi connectivity index (χ0n) is 9.14. The van der Waals surface area contributed by atoms with Gasteiger partial charge in [0.2, 0.25) is 0 Å². The van der Waals surface area contributed by atoms with Crippen LogP contribution in [-0.4, -0.2) is 22.3 Å². The van der Waals surface area contributed by atoms with Crippen LogP contribution in [0.15, 0.2) is 21.6 Å². The molecular formula is C10H17Cl3HfN. The van der Waals surface area contributed by atoms with E-state index in [9.17, 15) is 0 Å². The standard InChI is InChI=1S/C5H12N.C5H5.3ClH.Hf/c1-4-6(3)5-2;1-2-4-5-3-1;;;;/h3-5H2,1-2H3;1-3H,4H2;3*1H;/q;;;;;+3/p-3. The van der Waals surface area contributed by atoms with Gasteiger partial charge in [0, 0.05) is 0 Å². The van der Waals surface area contributed by atoms with Gasteiger partial charge >= 0.3 is 87.0 Å². The molecule has 0 heterocycles. The fourth-order valence-corrected chi connectivity index (χ4v) is 6.09. The van der Waals surface area contributed by atoms with Gasteiger partial charge in [-0.25, -0.2) is 0 Å². The van der Waals surface area contributed by atoms with Gasteiger partial charge in [-0.1, -0.05) is 0 Å². The van der Waals surface area contributed by atoms with Crippen molar-refractivity contribution in [2.24, 2.45) is 0 Å². The summed E-state index contributed by atoms with van der Waals surface area (Å²) in [6.45, 7) is 6.97. The van der Waals surface area contributed by atoms with Crippen molar-refractivity contribution < 1.29 is 60.1 Å². The van der Waals surface area contributed by atoms with Gasteiger partial charge in [-0.3, -0.25) is 0 Å². The zero-order chi connectivity index (χ0) is 8.81. The van der Waals surface area contributed by atoms with Gasteiger partial charge in [0.05, 0.1) is 0 Å². The number of hydrogen-bond acceptors (Lipinski definition) is 1. The summed E-state index contributed by atoms with van der Waals surface area (Å²) >= 11 is -0.438. The smallest absolute Gasteiger partial charge is 1.00 e. The van der Waals surface area contributed by atoms with Crippen LogP contribution in [0.4, 0.5) is 0 Å². The van der Waals surface area contributed by atoms with Crippen molar-refractivity contribution in [1.82, 2.24) is 4.90 Å². The maximum absolute atomic E-state index is 2.56. The fourth-order valence-electron chi connectivity index (χ4n) is 1.24. The Hall–Kier alpha value is 1.18. The van der Waals surface area contributed by atoms with Crippen LogP contribution in [0.5, 0.6) is 0 Å². The van der Waals surface area contributed by atoms with Crippen LogP contribution in [0.25, 0.3) is 0 Å². The molecule has 0 bridgehead atoms. The first-order chi connectivity index (χ1) is 5.86. The van der Waals surface area contributed by atoms with Crippen LogP contribution in [-0.2, 0) is 22.9 Å². The Morgan fingerprint density at radius 3 is 2.20 bits per heavy atom. The molecule has 0 radical (unpaired) electrons. The van der Waals surface area contributed by atoms with Crippen LogP contribution in [0.1, 0.15) is 20.3 Å². The van der Waals surface area contributed by atoms with Crippen molar-refractivity contribution >= 4 is 0 Å². The SMILES string of the molecule is CCN(CC)[CH2][Hf+3][C]1=CC=CC1.[Cl-].[Cl-].[Cl-].